The number of hydrogen-bond acceptors (Lipinski definition) is 3. The van der Waals surface area contributed by atoms with Gasteiger partial charge in [0.2, 0.25) is 0 Å². The van der Waals surface area contributed by atoms with E-state index in [0.29, 0.717) is 0 Å². The first kappa shape index (κ1) is 13.6. The Labute approximate surface area is 98.0 Å². The van der Waals surface area contributed by atoms with E-state index in [1.807, 2.05) is 0 Å². The molecule has 17 heavy (non-hydrogen) atoms. The minimum atomic E-state index is -1.04. The minimum Gasteiger partial charge on any atom is -0.469 e. The zero-order valence-corrected chi connectivity index (χ0v) is 9.61. The zero-order valence-electron chi connectivity index (χ0n) is 9.61. The summed E-state index contributed by atoms with van der Waals surface area (Å²) in [6.07, 6.45) is -1.03. The van der Waals surface area contributed by atoms with Gasteiger partial charge in [0, 0.05) is 0 Å². The van der Waals surface area contributed by atoms with Gasteiger partial charge in [-0.25, -0.2) is 8.78 Å². The van der Waals surface area contributed by atoms with Gasteiger partial charge in [0.1, 0.15) is 0 Å². The highest BCUT2D eigenvalue weighted by Crippen LogP contribution is 2.25. The summed E-state index contributed by atoms with van der Waals surface area (Å²) < 4.78 is 30.1. The van der Waals surface area contributed by atoms with Gasteiger partial charge in [0.05, 0.1) is 19.6 Å². The fraction of sp³-hybridized carbons (Fsp3) is 0.417. The van der Waals surface area contributed by atoms with Crippen LogP contribution >= 0.6 is 0 Å². The lowest BCUT2D eigenvalue weighted by molar-refractivity contribution is -0.142. The Balaban J connectivity index is 2.77. The van der Waals surface area contributed by atoms with Gasteiger partial charge in [0.25, 0.3) is 0 Å². The Bertz CT molecular complexity index is 407. The Morgan fingerprint density at radius 3 is 2.59 bits per heavy atom. The Morgan fingerprint density at radius 1 is 1.41 bits per heavy atom. The molecular formula is C12H14F2O3. The molecule has 1 N–H and O–H groups in total. The van der Waals surface area contributed by atoms with Crippen molar-refractivity contribution in [2.24, 2.45) is 5.92 Å². The molecule has 0 saturated carbocycles. The summed E-state index contributed by atoms with van der Waals surface area (Å²) >= 11 is 0. The third-order valence-electron chi connectivity index (χ3n) is 2.54. The molecule has 0 saturated heterocycles. The lowest BCUT2D eigenvalue weighted by Crippen LogP contribution is -2.15. The minimum absolute atomic E-state index is 0.0106. The van der Waals surface area contributed by atoms with Crippen molar-refractivity contribution in [1.82, 2.24) is 0 Å². The standard InChI is InChI=1S/C12H14F2O3/c1-7(5-11(15)17-2)12(16)8-3-4-9(13)10(14)6-8/h3-4,6-7,12,16H,5H2,1-2H3. The van der Waals surface area contributed by atoms with Gasteiger partial charge in [-0.15, -0.1) is 0 Å². The van der Waals surface area contributed by atoms with Gasteiger partial charge in [-0.1, -0.05) is 13.0 Å². The first-order valence-electron chi connectivity index (χ1n) is 5.15. The van der Waals surface area contributed by atoms with Crippen molar-refractivity contribution in [2.45, 2.75) is 19.4 Å². The Kier molecular flexibility index (Phi) is 4.57. The topological polar surface area (TPSA) is 46.5 Å². The molecule has 3 nitrogen and oxygen atoms in total. The van der Waals surface area contributed by atoms with Gasteiger partial charge in [-0.2, -0.15) is 0 Å². The van der Waals surface area contributed by atoms with E-state index in [9.17, 15) is 18.7 Å². The SMILES string of the molecule is COC(=O)CC(C)C(O)c1ccc(F)c(F)c1. The number of carbonyl (C=O) groups is 1. The molecule has 2 atom stereocenters. The van der Waals surface area contributed by atoms with Crippen LogP contribution in [-0.4, -0.2) is 18.2 Å². The second-order valence-corrected chi connectivity index (χ2v) is 3.88. The average molecular weight is 244 g/mol. The van der Waals surface area contributed by atoms with Crippen LogP contribution in [0.2, 0.25) is 0 Å². The molecule has 2 unspecified atom stereocenters. The summed E-state index contributed by atoms with van der Waals surface area (Å²) in [4.78, 5) is 11.0. The second-order valence-electron chi connectivity index (χ2n) is 3.88. The van der Waals surface area contributed by atoms with E-state index in [-0.39, 0.29) is 12.0 Å². The molecule has 1 aromatic carbocycles. The fourth-order valence-corrected chi connectivity index (χ4v) is 1.48. The summed E-state index contributed by atoms with van der Waals surface area (Å²) in [7, 11) is 1.25. The van der Waals surface area contributed by atoms with Gasteiger partial charge >= 0.3 is 5.97 Å². The van der Waals surface area contributed by atoms with E-state index in [1.165, 1.54) is 13.2 Å². The number of methoxy groups -OCH3 is 1. The highest BCUT2D eigenvalue weighted by molar-refractivity contribution is 5.69. The maximum Gasteiger partial charge on any atom is 0.305 e. The maximum absolute atomic E-state index is 13.0. The first-order chi connectivity index (χ1) is 7.95. The van der Waals surface area contributed by atoms with Crippen LogP contribution in [0.1, 0.15) is 25.0 Å². The lowest BCUT2D eigenvalue weighted by Gasteiger charge is -2.18. The van der Waals surface area contributed by atoms with Gasteiger partial charge in [-0.3, -0.25) is 4.79 Å². The lowest BCUT2D eigenvalue weighted by atomic mass is 9.94. The molecule has 0 radical (unpaired) electrons. The van der Waals surface area contributed by atoms with Crippen LogP contribution in [0.4, 0.5) is 8.78 Å². The summed E-state index contributed by atoms with van der Waals surface area (Å²) in [6.45, 7) is 1.63. The largest absolute Gasteiger partial charge is 0.469 e. The number of carbonyl (C=O) groups excluding carboxylic acids is 1. The van der Waals surface area contributed by atoms with Gasteiger partial charge in [-0.05, 0) is 23.6 Å². The third kappa shape index (κ3) is 3.49. The van der Waals surface area contributed by atoms with Gasteiger partial charge < -0.3 is 9.84 Å². The van der Waals surface area contributed by atoms with Crippen molar-refractivity contribution in [3.63, 3.8) is 0 Å². The van der Waals surface area contributed by atoms with Crippen molar-refractivity contribution in [2.75, 3.05) is 7.11 Å². The maximum atomic E-state index is 13.0. The molecule has 0 fully saturated rings. The average Bonchev–Trinajstić information content (AvgIpc) is 2.31. The summed E-state index contributed by atoms with van der Waals surface area (Å²) in [5, 5.41) is 9.85. The molecule has 1 rings (SSSR count). The normalized spacial score (nSPS) is 14.2. The molecule has 5 heteroatoms. The fourth-order valence-electron chi connectivity index (χ4n) is 1.48. The summed E-state index contributed by atoms with van der Waals surface area (Å²) in [6, 6.07) is 3.16. The van der Waals surface area contributed by atoms with E-state index in [4.69, 9.17) is 0 Å². The van der Waals surface area contributed by atoms with E-state index in [1.54, 1.807) is 6.92 Å². The molecule has 0 bridgehead atoms. The second kappa shape index (κ2) is 5.72. The molecule has 0 aliphatic carbocycles. The van der Waals surface area contributed by atoms with Crippen LogP contribution in [0.25, 0.3) is 0 Å². The van der Waals surface area contributed by atoms with Crippen molar-refractivity contribution < 1.29 is 23.4 Å². The molecule has 1 aromatic rings. The molecular weight excluding hydrogens is 230 g/mol. The molecule has 0 aromatic heterocycles. The number of aliphatic hydroxyl groups excluding tert-OH is 1. The molecule has 94 valence electrons. The summed E-state index contributed by atoms with van der Waals surface area (Å²) in [5.41, 5.74) is 0.236. The number of benzene rings is 1. The van der Waals surface area contributed by atoms with Gasteiger partial charge in [0.15, 0.2) is 11.6 Å². The van der Waals surface area contributed by atoms with Crippen LogP contribution in [0.15, 0.2) is 18.2 Å². The number of rotatable bonds is 4. The predicted molar refractivity (Wildman–Crippen MR) is 57.1 cm³/mol. The highest BCUT2D eigenvalue weighted by Gasteiger charge is 2.20. The number of esters is 1. The van der Waals surface area contributed by atoms with E-state index < -0.39 is 29.6 Å². The molecule has 0 aliphatic rings. The van der Waals surface area contributed by atoms with Crippen molar-refractivity contribution >= 4 is 5.97 Å². The van der Waals surface area contributed by atoms with Crippen LogP contribution < -0.4 is 0 Å². The smallest absolute Gasteiger partial charge is 0.305 e. The zero-order chi connectivity index (χ0) is 13.0. The van der Waals surface area contributed by atoms with Crippen molar-refractivity contribution in [3.05, 3.63) is 35.4 Å². The highest BCUT2D eigenvalue weighted by atomic mass is 19.2. The number of halogens is 2. The summed E-state index contributed by atoms with van der Waals surface area (Å²) in [5.74, 6) is -2.89. The molecule has 0 heterocycles. The van der Waals surface area contributed by atoms with Crippen LogP contribution in [-0.2, 0) is 9.53 Å². The van der Waals surface area contributed by atoms with Crippen molar-refractivity contribution in [3.8, 4) is 0 Å². The quantitative estimate of drug-likeness (QED) is 0.826. The Hall–Kier alpha value is -1.49. The van der Waals surface area contributed by atoms with Crippen LogP contribution in [0, 0.1) is 17.6 Å². The number of hydrogen-bond donors (Lipinski definition) is 1. The monoisotopic (exact) mass is 244 g/mol. The Morgan fingerprint density at radius 2 is 2.06 bits per heavy atom. The predicted octanol–water partition coefficient (Wildman–Crippen LogP) is 2.20. The molecule has 0 aliphatic heterocycles. The third-order valence-corrected chi connectivity index (χ3v) is 2.54. The van der Waals surface area contributed by atoms with Crippen LogP contribution in [0.3, 0.4) is 0 Å². The van der Waals surface area contributed by atoms with E-state index in [0.717, 1.165) is 12.1 Å². The number of ether oxygens (including phenoxy) is 1. The van der Waals surface area contributed by atoms with E-state index in [2.05, 4.69) is 4.74 Å². The van der Waals surface area contributed by atoms with Crippen molar-refractivity contribution in [1.29, 1.82) is 0 Å². The van der Waals surface area contributed by atoms with Crippen LogP contribution in [0.5, 0.6) is 0 Å². The number of aliphatic hydroxyl groups is 1. The first-order valence-corrected chi connectivity index (χ1v) is 5.15. The van der Waals surface area contributed by atoms with E-state index >= 15 is 0 Å². The molecule has 0 amide bonds. The molecule has 0 spiro atoms.